The number of aromatic nitrogens is 2. The van der Waals surface area contributed by atoms with Gasteiger partial charge in [0.25, 0.3) is 5.91 Å². The van der Waals surface area contributed by atoms with E-state index >= 15 is 0 Å². The highest BCUT2D eigenvalue weighted by Gasteiger charge is 2.29. The summed E-state index contributed by atoms with van der Waals surface area (Å²) in [5.74, 6) is 1.55. The quantitative estimate of drug-likeness (QED) is 0.752. The lowest BCUT2D eigenvalue weighted by Gasteiger charge is -2.24. The fourth-order valence-electron chi connectivity index (χ4n) is 3.90. The Balaban J connectivity index is 1.36. The first-order valence-corrected chi connectivity index (χ1v) is 9.31. The Labute approximate surface area is 155 Å². The molecule has 4 heterocycles. The molecule has 0 saturated carbocycles. The van der Waals surface area contributed by atoms with Gasteiger partial charge in [-0.1, -0.05) is 0 Å². The molecule has 0 unspecified atom stereocenters. The number of nitrogens with one attached hydrogen (secondary N) is 1. The van der Waals surface area contributed by atoms with Crippen molar-refractivity contribution in [2.24, 2.45) is 0 Å². The summed E-state index contributed by atoms with van der Waals surface area (Å²) < 4.78 is 24.8. The monoisotopic (exact) mass is 369 g/mol. The third kappa shape index (κ3) is 3.02. The molecule has 27 heavy (non-hydrogen) atoms. The van der Waals surface area contributed by atoms with Gasteiger partial charge in [-0.05, 0) is 37.1 Å². The van der Waals surface area contributed by atoms with Crippen LogP contribution in [0, 0.1) is 5.82 Å². The predicted molar refractivity (Wildman–Crippen MR) is 96.0 cm³/mol. The Morgan fingerprint density at radius 1 is 1.26 bits per heavy atom. The zero-order valence-electron chi connectivity index (χ0n) is 14.8. The molecule has 1 N–H and O–H groups in total. The van der Waals surface area contributed by atoms with E-state index in [1.54, 1.807) is 17.0 Å². The van der Waals surface area contributed by atoms with Crippen molar-refractivity contribution in [3.8, 4) is 0 Å². The highest BCUT2D eigenvalue weighted by Crippen LogP contribution is 2.30. The van der Waals surface area contributed by atoms with Gasteiger partial charge in [-0.25, -0.2) is 9.37 Å². The summed E-state index contributed by atoms with van der Waals surface area (Å²) in [5.41, 5.74) is 2.06. The molecular formula is C20H20FN3O3. The van der Waals surface area contributed by atoms with Crippen LogP contribution in [0.3, 0.4) is 0 Å². The average molecular weight is 369 g/mol. The number of carbonyl (C=O) groups is 1. The van der Waals surface area contributed by atoms with Crippen LogP contribution in [0.4, 0.5) is 4.39 Å². The topological polar surface area (TPSA) is 71.4 Å². The molecule has 1 aromatic carbocycles. The molecule has 5 rings (SSSR count). The van der Waals surface area contributed by atoms with E-state index in [0.717, 1.165) is 48.9 Å². The number of hydrogen-bond acceptors (Lipinski definition) is 4. The summed E-state index contributed by atoms with van der Waals surface area (Å²) in [7, 11) is 0. The summed E-state index contributed by atoms with van der Waals surface area (Å²) >= 11 is 0. The van der Waals surface area contributed by atoms with Crippen LogP contribution in [0.5, 0.6) is 0 Å². The number of aromatic amines is 1. The van der Waals surface area contributed by atoms with Crippen LogP contribution < -0.4 is 0 Å². The number of nitrogens with zero attached hydrogens (tertiary/aromatic N) is 2. The van der Waals surface area contributed by atoms with E-state index in [4.69, 9.17) is 9.15 Å². The average Bonchev–Trinajstić information content (AvgIpc) is 3.31. The first kappa shape index (κ1) is 16.5. The zero-order chi connectivity index (χ0) is 18.4. The molecule has 7 heteroatoms. The SMILES string of the molecule is O=C(c1cc2cc(F)ccc2[nH]1)N1CCc2oc(C3CCOCC3)nc2C1. The molecule has 0 spiro atoms. The molecule has 2 aromatic heterocycles. The van der Waals surface area contributed by atoms with Crippen molar-refractivity contribution in [3.05, 3.63) is 53.1 Å². The van der Waals surface area contributed by atoms with E-state index in [-0.39, 0.29) is 11.7 Å². The van der Waals surface area contributed by atoms with Gasteiger partial charge in [-0.2, -0.15) is 0 Å². The molecule has 1 fully saturated rings. The highest BCUT2D eigenvalue weighted by molar-refractivity contribution is 5.98. The number of fused-ring (bicyclic) bond motifs is 2. The maximum atomic E-state index is 13.4. The van der Waals surface area contributed by atoms with E-state index in [1.807, 2.05) is 0 Å². The summed E-state index contributed by atoms with van der Waals surface area (Å²) in [6, 6.07) is 6.16. The van der Waals surface area contributed by atoms with Crippen molar-refractivity contribution >= 4 is 16.8 Å². The lowest BCUT2D eigenvalue weighted by Crippen LogP contribution is -2.36. The molecule has 0 bridgehead atoms. The van der Waals surface area contributed by atoms with Gasteiger partial charge in [0.2, 0.25) is 0 Å². The first-order valence-electron chi connectivity index (χ1n) is 9.31. The number of benzene rings is 1. The highest BCUT2D eigenvalue weighted by atomic mass is 19.1. The Morgan fingerprint density at radius 3 is 2.96 bits per heavy atom. The van der Waals surface area contributed by atoms with Crippen LogP contribution in [0.15, 0.2) is 28.7 Å². The Kier molecular flexibility index (Phi) is 3.97. The van der Waals surface area contributed by atoms with Gasteiger partial charge in [0.1, 0.15) is 23.0 Å². The third-order valence-electron chi connectivity index (χ3n) is 5.42. The maximum absolute atomic E-state index is 13.4. The summed E-state index contributed by atoms with van der Waals surface area (Å²) in [6.45, 7) is 2.50. The minimum absolute atomic E-state index is 0.104. The van der Waals surface area contributed by atoms with Gasteiger partial charge in [0, 0.05) is 43.0 Å². The zero-order valence-corrected chi connectivity index (χ0v) is 14.8. The normalized spacial score (nSPS) is 18.0. The van der Waals surface area contributed by atoms with Gasteiger partial charge >= 0.3 is 0 Å². The van der Waals surface area contributed by atoms with Crippen LogP contribution in [0.25, 0.3) is 10.9 Å². The number of H-pyrrole nitrogens is 1. The first-order chi connectivity index (χ1) is 13.2. The smallest absolute Gasteiger partial charge is 0.270 e. The predicted octanol–water partition coefficient (Wildman–Crippen LogP) is 3.39. The van der Waals surface area contributed by atoms with Crippen molar-refractivity contribution < 1.29 is 18.3 Å². The van der Waals surface area contributed by atoms with E-state index < -0.39 is 0 Å². The van der Waals surface area contributed by atoms with E-state index in [9.17, 15) is 9.18 Å². The van der Waals surface area contributed by atoms with E-state index in [2.05, 4.69) is 9.97 Å². The fraction of sp³-hybridized carbons (Fsp3) is 0.400. The van der Waals surface area contributed by atoms with E-state index in [1.165, 1.54) is 12.1 Å². The number of amides is 1. The van der Waals surface area contributed by atoms with Crippen molar-refractivity contribution in [1.29, 1.82) is 0 Å². The molecule has 0 radical (unpaired) electrons. The van der Waals surface area contributed by atoms with Gasteiger partial charge < -0.3 is 19.0 Å². The second-order valence-electron chi connectivity index (χ2n) is 7.20. The second-order valence-corrected chi connectivity index (χ2v) is 7.20. The third-order valence-corrected chi connectivity index (χ3v) is 5.42. The van der Waals surface area contributed by atoms with Gasteiger partial charge in [-0.3, -0.25) is 4.79 Å². The van der Waals surface area contributed by atoms with Gasteiger partial charge in [0.05, 0.1) is 6.54 Å². The van der Waals surface area contributed by atoms with Crippen LogP contribution in [-0.2, 0) is 17.7 Å². The number of hydrogen-bond donors (Lipinski definition) is 1. The van der Waals surface area contributed by atoms with Crippen molar-refractivity contribution in [1.82, 2.24) is 14.9 Å². The fourth-order valence-corrected chi connectivity index (χ4v) is 3.90. The molecule has 0 aliphatic carbocycles. The largest absolute Gasteiger partial charge is 0.445 e. The molecule has 6 nitrogen and oxygen atoms in total. The molecule has 1 saturated heterocycles. The van der Waals surface area contributed by atoms with Crippen molar-refractivity contribution in [2.45, 2.75) is 31.7 Å². The Morgan fingerprint density at radius 2 is 2.11 bits per heavy atom. The number of carbonyl (C=O) groups excluding carboxylic acids is 1. The van der Waals surface area contributed by atoms with E-state index in [0.29, 0.717) is 36.5 Å². The standard InChI is InChI=1S/C20H20FN3O3/c21-14-1-2-15-13(9-14)10-16(22-15)20(25)24-6-3-18-17(11-24)23-19(27-18)12-4-7-26-8-5-12/h1-2,9-10,12,22H,3-8,11H2. The van der Waals surface area contributed by atoms with Crippen LogP contribution in [0.2, 0.25) is 0 Å². The lowest BCUT2D eigenvalue weighted by molar-refractivity contribution is 0.0721. The summed E-state index contributed by atoms with van der Waals surface area (Å²) in [6.07, 6.45) is 2.51. The molecule has 1 amide bonds. The molecule has 140 valence electrons. The molecule has 2 aliphatic heterocycles. The van der Waals surface area contributed by atoms with Gasteiger partial charge in [0.15, 0.2) is 5.89 Å². The van der Waals surface area contributed by atoms with Crippen LogP contribution >= 0.6 is 0 Å². The Bertz CT molecular complexity index is 1000. The lowest BCUT2D eigenvalue weighted by atomic mass is 10.0. The number of halogens is 1. The summed E-state index contributed by atoms with van der Waals surface area (Å²) in [5, 5.41) is 0.694. The van der Waals surface area contributed by atoms with Crippen LogP contribution in [0.1, 0.15) is 46.6 Å². The Hall–Kier alpha value is -2.67. The van der Waals surface area contributed by atoms with Crippen molar-refractivity contribution in [2.75, 3.05) is 19.8 Å². The molecule has 3 aromatic rings. The molecule has 2 aliphatic rings. The minimum Gasteiger partial charge on any atom is -0.445 e. The maximum Gasteiger partial charge on any atom is 0.270 e. The molecule has 0 atom stereocenters. The number of rotatable bonds is 2. The molecular weight excluding hydrogens is 349 g/mol. The second kappa shape index (κ2) is 6.49. The van der Waals surface area contributed by atoms with Crippen molar-refractivity contribution in [3.63, 3.8) is 0 Å². The summed E-state index contributed by atoms with van der Waals surface area (Å²) in [4.78, 5) is 22.4. The van der Waals surface area contributed by atoms with Crippen LogP contribution in [-0.4, -0.2) is 40.5 Å². The number of oxazole rings is 1. The number of ether oxygens (including phenoxy) is 1. The van der Waals surface area contributed by atoms with Gasteiger partial charge in [-0.15, -0.1) is 0 Å². The minimum atomic E-state index is -0.314.